The second-order valence-electron chi connectivity index (χ2n) is 6.15. The molecule has 0 aliphatic heterocycles. The molecule has 0 unspecified atom stereocenters. The Kier molecular flexibility index (Phi) is 9.33. The number of aliphatic carboxylic acids is 1. The Morgan fingerprint density at radius 3 is 2.19 bits per heavy atom. The van der Waals surface area contributed by atoms with Crippen molar-refractivity contribution in [3.63, 3.8) is 0 Å². The summed E-state index contributed by atoms with van der Waals surface area (Å²) in [5, 5.41) is 8.85. The van der Waals surface area contributed by atoms with E-state index in [9.17, 15) is 9.59 Å². The maximum absolute atomic E-state index is 10.8. The normalized spacial score (nSPS) is 11.4. The summed E-state index contributed by atoms with van der Waals surface area (Å²) in [4.78, 5) is 22.9. The number of carboxylic acid groups (broad SMARTS) is 1. The van der Waals surface area contributed by atoms with Crippen LogP contribution in [0.15, 0.2) is 48.5 Å². The van der Waals surface area contributed by atoms with Crippen molar-refractivity contribution in [2.24, 2.45) is 0 Å². The van der Waals surface area contributed by atoms with Crippen LogP contribution < -0.4 is 9.47 Å². The van der Waals surface area contributed by atoms with Gasteiger partial charge in [0.25, 0.3) is 6.47 Å². The molecule has 0 aromatic heterocycles. The minimum atomic E-state index is -0.825. The number of hydrogen-bond acceptors (Lipinski definition) is 5. The van der Waals surface area contributed by atoms with Crippen molar-refractivity contribution < 1.29 is 24.2 Å². The fraction of sp³-hybridized carbons (Fsp3) is 0.300. The Labute approximate surface area is 165 Å². The maximum Gasteiger partial charge on any atom is 0.317 e. The lowest BCUT2D eigenvalue weighted by molar-refractivity contribution is -0.138. The van der Waals surface area contributed by atoms with Crippen LogP contribution in [-0.4, -0.2) is 42.1 Å². The van der Waals surface area contributed by atoms with E-state index in [4.69, 9.17) is 14.6 Å². The van der Waals surface area contributed by atoms with Crippen molar-refractivity contribution in [2.45, 2.75) is 26.0 Å². The van der Waals surface area contributed by atoms with Crippen LogP contribution in [0.2, 0.25) is 0 Å². The summed E-state index contributed by atoms with van der Waals surface area (Å²) in [5.74, 6) is 0.428. The largest absolute Gasteiger partial charge is 0.489 e. The van der Waals surface area contributed by atoms with Crippen molar-refractivity contribution in [3.05, 3.63) is 59.7 Å². The van der Waals surface area contributed by atoms with Gasteiger partial charge in [-0.05, 0) is 55.8 Å². The predicted octanol–water partition coefficient (Wildman–Crippen LogP) is 3.17. The van der Waals surface area contributed by atoms with E-state index in [-0.39, 0.29) is 25.0 Å². The molecule has 0 radical (unpaired) electrons. The second-order valence-corrected chi connectivity index (χ2v) is 6.15. The molecule has 27 heavy (non-hydrogen) atoms. The number of carbonyl (C=O) groups excluding carboxylic acids is 1. The molecular formula is C20H24ClNO5. The molecule has 0 spiro atoms. The molecule has 0 bridgehead atoms. The van der Waals surface area contributed by atoms with Crippen LogP contribution in [0.25, 0.3) is 0 Å². The zero-order valence-electron chi connectivity index (χ0n) is 15.3. The molecular weight excluding hydrogens is 370 g/mol. The fourth-order valence-electron chi connectivity index (χ4n) is 2.47. The monoisotopic (exact) mass is 393 g/mol. The average molecular weight is 394 g/mol. The molecule has 146 valence electrons. The van der Waals surface area contributed by atoms with E-state index in [0.29, 0.717) is 18.8 Å². The van der Waals surface area contributed by atoms with Crippen molar-refractivity contribution in [1.82, 2.24) is 4.90 Å². The van der Waals surface area contributed by atoms with E-state index in [1.165, 1.54) is 0 Å². The van der Waals surface area contributed by atoms with E-state index in [1.54, 1.807) is 12.1 Å². The van der Waals surface area contributed by atoms with E-state index < -0.39 is 5.97 Å². The molecule has 0 aliphatic rings. The highest BCUT2D eigenvalue weighted by atomic mass is 35.5. The highest BCUT2D eigenvalue weighted by Crippen LogP contribution is 2.17. The van der Waals surface area contributed by atoms with Crippen LogP contribution in [-0.2, 0) is 22.6 Å². The number of nitrogens with zero attached hydrogens (tertiary/aromatic N) is 1. The highest BCUT2D eigenvalue weighted by molar-refractivity contribution is 5.85. The first kappa shape index (κ1) is 22.5. The Morgan fingerprint density at radius 1 is 1.07 bits per heavy atom. The molecule has 2 aromatic carbocycles. The van der Waals surface area contributed by atoms with Gasteiger partial charge in [0.2, 0.25) is 0 Å². The minimum absolute atomic E-state index is 0. The Morgan fingerprint density at radius 2 is 1.63 bits per heavy atom. The number of rotatable bonds is 10. The van der Waals surface area contributed by atoms with Gasteiger partial charge < -0.3 is 14.6 Å². The number of hydrogen-bond donors (Lipinski definition) is 1. The van der Waals surface area contributed by atoms with E-state index >= 15 is 0 Å². The smallest absolute Gasteiger partial charge is 0.317 e. The van der Waals surface area contributed by atoms with Crippen molar-refractivity contribution >= 4 is 24.8 Å². The molecule has 1 atom stereocenters. The summed E-state index contributed by atoms with van der Waals surface area (Å²) in [6, 6.07) is 15.0. The van der Waals surface area contributed by atoms with Crippen LogP contribution in [0, 0.1) is 0 Å². The molecule has 2 rings (SSSR count). The number of carbonyl (C=O) groups is 2. The molecule has 6 nitrogen and oxygen atoms in total. The fourth-order valence-corrected chi connectivity index (χ4v) is 2.47. The van der Waals surface area contributed by atoms with Crippen LogP contribution in [0.3, 0.4) is 0 Å². The van der Waals surface area contributed by atoms with Crippen LogP contribution in [0.5, 0.6) is 11.5 Å². The first-order valence-electron chi connectivity index (χ1n) is 8.31. The van der Waals surface area contributed by atoms with Gasteiger partial charge in [0.15, 0.2) is 0 Å². The third-order valence-corrected chi connectivity index (χ3v) is 4.10. The standard InChI is InChI=1S/C20H23NO5.ClH/c1-15(21(2)12-20(23)24)11-16-3-7-18(8-4-16)25-13-17-5-9-19(10-6-17)26-14-22;/h3-10,14-15H,11-13H2,1-2H3,(H,23,24);1H/t15-;/m1./s1. The lowest BCUT2D eigenvalue weighted by atomic mass is 10.1. The van der Waals surface area contributed by atoms with Crippen molar-refractivity contribution in [1.29, 1.82) is 0 Å². The van der Waals surface area contributed by atoms with E-state index in [0.717, 1.165) is 23.3 Å². The van der Waals surface area contributed by atoms with E-state index in [1.807, 2.05) is 55.3 Å². The van der Waals surface area contributed by atoms with E-state index in [2.05, 4.69) is 0 Å². The summed E-state index contributed by atoms with van der Waals surface area (Å²) < 4.78 is 10.5. The second kappa shape index (κ2) is 11.2. The third-order valence-electron chi connectivity index (χ3n) is 4.10. The summed E-state index contributed by atoms with van der Waals surface area (Å²) in [5.41, 5.74) is 2.09. The number of carboxylic acids is 1. The molecule has 1 N–H and O–H groups in total. The summed E-state index contributed by atoms with van der Waals surface area (Å²) >= 11 is 0. The number of halogens is 1. The van der Waals surface area contributed by atoms with Gasteiger partial charge in [-0.1, -0.05) is 24.3 Å². The quantitative estimate of drug-likeness (QED) is 0.625. The molecule has 0 saturated heterocycles. The average Bonchev–Trinajstić information content (AvgIpc) is 2.62. The molecule has 2 aromatic rings. The number of ether oxygens (including phenoxy) is 2. The Balaban J connectivity index is 0.00000364. The SMILES string of the molecule is C[C@H](Cc1ccc(OCc2ccc(OC=O)cc2)cc1)N(C)CC(=O)O.Cl. The molecule has 0 saturated carbocycles. The molecule has 0 fully saturated rings. The van der Waals surface area contributed by atoms with Gasteiger partial charge in [0.05, 0.1) is 6.54 Å². The maximum atomic E-state index is 10.8. The van der Waals surface area contributed by atoms with Gasteiger partial charge >= 0.3 is 5.97 Å². The first-order chi connectivity index (χ1) is 12.5. The zero-order chi connectivity index (χ0) is 18.9. The lowest BCUT2D eigenvalue weighted by Gasteiger charge is -2.22. The highest BCUT2D eigenvalue weighted by Gasteiger charge is 2.12. The molecule has 0 aliphatic carbocycles. The molecule has 7 heteroatoms. The summed E-state index contributed by atoms with van der Waals surface area (Å²) in [7, 11) is 1.81. The summed E-state index contributed by atoms with van der Waals surface area (Å²) in [6.07, 6.45) is 0.766. The molecule has 0 heterocycles. The van der Waals surface area contributed by atoms with Gasteiger partial charge in [-0.15, -0.1) is 12.4 Å². The van der Waals surface area contributed by atoms with Gasteiger partial charge in [-0.3, -0.25) is 14.5 Å². The van der Waals surface area contributed by atoms with Gasteiger partial charge in [-0.25, -0.2) is 0 Å². The van der Waals surface area contributed by atoms with Gasteiger partial charge in [0, 0.05) is 6.04 Å². The number of likely N-dealkylation sites (N-methyl/N-ethyl adjacent to an activating group) is 1. The predicted molar refractivity (Wildman–Crippen MR) is 105 cm³/mol. The molecule has 0 amide bonds. The van der Waals surface area contributed by atoms with Crippen molar-refractivity contribution in [3.8, 4) is 11.5 Å². The first-order valence-corrected chi connectivity index (χ1v) is 8.31. The third kappa shape index (κ3) is 7.68. The van der Waals surface area contributed by atoms with Gasteiger partial charge in [-0.2, -0.15) is 0 Å². The Bertz CT molecular complexity index is 718. The van der Waals surface area contributed by atoms with Crippen LogP contribution >= 0.6 is 12.4 Å². The topological polar surface area (TPSA) is 76.1 Å². The van der Waals surface area contributed by atoms with Crippen molar-refractivity contribution in [2.75, 3.05) is 13.6 Å². The summed E-state index contributed by atoms with van der Waals surface area (Å²) in [6.45, 7) is 2.84. The van der Waals surface area contributed by atoms with Crippen LogP contribution in [0.1, 0.15) is 18.1 Å². The minimum Gasteiger partial charge on any atom is -0.489 e. The lowest BCUT2D eigenvalue weighted by Crippen LogP contribution is -2.35. The zero-order valence-corrected chi connectivity index (χ0v) is 16.1. The Hall–Kier alpha value is -2.57. The number of benzene rings is 2. The van der Waals surface area contributed by atoms with Gasteiger partial charge in [0.1, 0.15) is 18.1 Å². The van der Waals surface area contributed by atoms with Crippen LogP contribution in [0.4, 0.5) is 0 Å².